The van der Waals surface area contributed by atoms with E-state index in [0.717, 1.165) is 17.4 Å². The summed E-state index contributed by atoms with van der Waals surface area (Å²) in [7, 11) is 0. The molecule has 4 rings (SSSR count). The second-order valence-corrected chi connectivity index (χ2v) is 6.41. The van der Waals surface area contributed by atoms with Gasteiger partial charge in [0.25, 0.3) is 0 Å². The molecule has 0 radical (unpaired) electrons. The van der Waals surface area contributed by atoms with Crippen LogP contribution in [0.5, 0.6) is 11.5 Å². The molecule has 0 amide bonds. The van der Waals surface area contributed by atoms with Crippen LogP contribution >= 0.6 is 0 Å². The predicted molar refractivity (Wildman–Crippen MR) is 108 cm³/mol. The molecule has 4 aromatic rings. The van der Waals surface area contributed by atoms with Gasteiger partial charge in [0.2, 0.25) is 5.89 Å². The first-order valence-electron chi connectivity index (χ1n) is 9.22. The Morgan fingerprint density at radius 1 is 0.900 bits per heavy atom. The quantitative estimate of drug-likeness (QED) is 0.460. The van der Waals surface area contributed by atoms with Gasteiger partial charge >= 0.3 is 5.97 Å². The van der Waals surface area contributed by atoms with E-state index in [4.69, 9.17) is 19.0 Å². The molecule has 0 bridgehead atoms. The zero-order valence-electron chi connectivity index (χ0n) is 15.9. The number of ether oxygens (including phenoxy) is 2. The highest BCUT2D eigenvalue weighted by Crippen LogP contribution is 2.32. The Labute approximate surface area is 172 Å². The van der Waals surface area contributed by atoms with Crippen molar-refractivity contribution in [2.45, 2.75) is 13.2 Å². The molecule has 0 unspecified atom stereocenters. The smallest absolute Gasteiger partial charge is 0.357 e. The molecule has 0 aliphatic heterocycles. The molecule has 1 N–H and O–H groups in total. The van der Waals surface area contributed by atoms with Gasteiger partial charge < -0.3 is 19.0 Å². The number of oxazole rings is 1. The lowest BCUT2D eigenvalue weighted by atomic mass is 10.2. The number of carboxylic acids is 1. The number of rotatable bonds is 8. The Morgan fingerprint density at radius 3 is 2.07 bits per heavy atom. The van der Waals surface area contributed by atoms with Crippen molar-refractivity contribution in [3.05, 3.63) is 96.0 Å². The lowest BCUT2D eigenvalue weighted by Crippen LogP contribution is -2.02. The topological polar surface area (TPSA) is 94.7 Å². The molecule has 150 valence electrons. The molecule has 2 heterocycles. The fraction of sp³-hybridized carbons (Fsp3) is 0.0870. The number of hydrogen-bond acceptors (Lipinski definition) is 6. The number of aromatic nitrogens is 2. The Bertz CT molecular complexity index is 1130. The summed E-state index contributed by atoms with van der Waals surface area (Å²) < 4.78 is 17.1. The standard InChI is InChI=1S/C23H18N2O5/c26-23(27)19-15-30-22(25-19)18-11-20(28-13-16-7-3-1-4-8-16)21(12-24-18)29-14-17-9-5-2-6-10-17/h1-12,15H,13-14H2,(H,26,27). The van der Waals surface area contributed by atoms with Crippen LogP contribution in [0.3, 0.4) is 0 Å². The van der Waals surface area contributed by atoms with Gasteiger partial charge in [0.15, 0.2) is 17.2 Å². The van der Waals surface area contributed by atoms with E-state index >= 15 is 0 Å². The molecule has 0 spiro atoms. The third kappa shape index (κ3) is 4.64. The van der Waals surface area contributed by atoms with Crippen molar-refractivity contribution in [2.24, 2.45) is 0 Å². The lowest BCUT2D eigenvalue weighted by Gasteiger charge is -2.13. The van der Waals surface area contributed by atoms with Crippen LogP contribution in [0.4, 0.5) is 0 Å². The molecule has 0 fully saturated rings. The molecule has 0 aliphatic rings. The maximum atomic E-state index is 11.1. The van der Waals surface area contributed by atoms with E-state index in [2.05, 4.69) is 9.97 Å². The van der Waals surface area contributed by atoms with Gasteiger partial charge in [0, 0.05) is 6.07 Å². The maximum Gasteiger partial charge on any atom is 0.357 e. The largest absolute Gasteiger partial charge is 0.485 e. The third-order valence-electron chi connectivity index (χ3n) is 4.25. The van der Waals surface area contributed by atoms with Crippen molar-refractivity contribution in [1.29, 1.82) is 0 Å². The monoisotopic (exact) mass is 402 g/mol. The Hall–Kier alpha value is -4.13. The van der Waals surface area contributed by atoms with Gasteiger partial charge in [-0.3, -0.25) is 0 Å². The van der Waals surface area contributed by atoms with E-state index in [1.165, 1.54) is 6.20 Å². The molecule has 0 aliphatic carbocycles. The van der Waals surface area contributed by atoms with Gasteiger partial charge in [-0.25, -0.2) is 14.8 Å². The van der Waals surface area contributed by atoms with Crippen molar-refractivity contribution in [2.75, 3.05) is 0 Å². The second-order valence-electron chi connectivity index (χ2n) is 6.41. The summed E-state index contributed by atoms with van der Waals surface area (Å²) in [5.74, 6) is -0.168. The van der Waals surface area contributed by atoms with Crippen LogP contribution in [0.2, 0.25) is 0 Å². The molecule has 0 saturated heterocycles. The number of aromatic carboxylic acids is 1. The molecule has 2 aromatic heterocycles. The minimum atomic E-state index is -1.17. The fourth-order valence-corrected chi connectivity index (χ4v) is 2.72. The summed E-state index contributed by atoms with van der Waals surface area (Å²) in [5, 5.41) is 9.04. The van der Waals surface area contributed by atoms with E-state index in [1.807, 2.05) is 60.7 Å². The van der Waals surface area contributed by atoms with Gasteiger partial charge in [-0.15, -0.1) is 0 Å². The van der Waals surface area contributed by atoms with E-state index in [0.29, 0.717) is 30.4 Å². The molecule has 7 nitrogen and oxygen atoms in total. The zero-order chi connectivity index (χ0) is 20.8. The third-order valence-corrected chi connectivity index (χ3v) is 4.25. The number of hydrogen-bond donors (Lipinski definition) is 1. The van der Waals surface area contributed by atoms with E-state index in [-0.39, 0.29) is 11.6 Å². The molecule has 0 saturated carbocycles. The number of pyridine rings is 1. The first kappa shape index (κ1) is 19.2. The van der Waals surface area contributed by atoms with Crippen molar-refractivity contribution in [3.8, 4) is 23.1 Å². The minimum absolute atomic E-state index is 0.0894. The second kappa shape index (κ2) is 8.91. The highest BCUT2D eigenvalue weighted by molar-refractivity contribution is 5.85. The zero-order valence-corrected chi connectivity index (χ0v) is 15.9. The number of nitrogens with zero attached hydrogens (tertiary/aromatic N) is 2. The summed E-state index contributed by atoms with van der Waals surface area (Å²) in [6.07, 6.45) is 2.59. The van der Waals surface area contributed by atoms with Crippen LogP contribution in [0.25, 0.3) is 11.6 Å². The van der Waals surface area contributed by atoms with Crippen molar-refractivity contribution >= 4 is 5.97 Å². The van der Waals surface area contributed by atoms with Crippen LogP contribution < -0.4 is 9.47 Å². The summed E-state index contributed by atoms with van der Waals surface area (Å²) in [5.41, 5.74) is 2.16. The van der Waals surface area contributed by atoms with Crippen LogP contribution in [-0.4, -0.2) is 21.0 Å². The molecule has 2 aromatic carbocycles. The van der Waals surface area contributed by atoms with E-state index < -0.39 is 5.97 Å². The van der Waals surface area contributed by atoms with Gasteiger partial charge in [-0.1, -0.05) is 60.7 Å². The first-order valence-corrected chi connectivity index (χ1v) is 9.22. The van der Waals surface area contributed by atoms with Crippen LogP contribution in [-0.2, 0) is 13.2 Å². The molecule has 0 atom stereocenters. The fourth-order valence-electron chi connectivity index (χ4n) is 2.72. The van der Waals surface area contributed by atoms with Gasteiger partial charge in [0.1, 0.15) is 25.2 Å². The molecular weight excluding hydrogens is 384 g/mol. The predicted octanol–water partition coefficient (Wildman–Crippen LogP) is 4.59. The highest BCUT2D eigenvalue weighted by atomic mass is 16.5. The number of carboxylic acid groups (broad SMARTS) is 1. The van der Waals surface area contributed by atoms with Gasteiger partial charge in [-0.05, 0) is 11.1 Å². The summed E-state index contributed by atoms with van der Waals surface area (Å²) >= 11 is 0. The van der Waals surface area contributed by atoms with Crippen LogP contribution in [0.1, 0.15) is 21.6 Å². The molecule has 30 heavy (non-hydrogen) atoms. The maximum absolute atomic E-state index is 11.1. The van der Waals surface area contributed by atoms with Gasteiger partial charge in [-0.2, -0.15) is 0 Å². The van der Waals surface area contributed by atoms with E-state index in [9.17, 15) is 4.79 Å². The number of carbonyl (C=O) groups is 1. The van der Waals surface area contributed by atoms with E-state index in [1.54, 1.807) is 6.07 Å². The minimum Gasteiger partial charge on any atom is -0.485 e. The highest BCUT2D eigenvalue weighted by Gasteiger charge is 2.16. The molecular formula is C23H18N2O5. The Morgan fingerprint density at radius 2 is 1.50 bits per heavy atom. The number of benzene rings is 2. The summed E-state index contributed by atoms with van der Waals surface area (Å²) in [4.78, 5) is 19.3. The van der Waals surface area contributed by atoms with Crippen molar-refractivity contribution in [1.82, 2.24) is 9.97 Å². The van der Waals surface area contributed by atoms with Crippen LogP contribution in [0, 0.1) is 0 Å². The normalized spacial score (nSPS) is 10.5. The SMILES string of the molecule is O=C(O)c1coc(-c2cc(OCc3ccccc3)c(OCc3ccccc3)cn2)n1. The Kier molecular flexibility index (Phi) is 5.70. The Balaban J connectivity index is 1.59. The lowest BCUT2D eigenvalue weighted by molar-refractivity contribution is 0.0690. The average Bonchev–Trinajstić information content (AvgIpc) is 3.29. The van der Waals surface area contributed by atoms with Crippen LogP contribution in [0.15, 0.2) is 83.6 Å². The summed E-state index contributed by atoms with van der Waals surface area (Å²) in [6.45, 7) is 0.684. The summed E-state index contributed by atoms with van der Waals surface area (Å²) in [6, 6.07) is 21.1. The molecule has 7 heteroatoms. The van der Waals surface area contributed by atoms with Crippen molar-refractivity contribution in [3.63, 3.8) is 0 Å². The average molecular weight is 402 g/mol. The van der Waals surface area contributed by atoms with Crippen molar-refractivity contribution < 1.29 is 23.8 Å². The first-order chi connectivity index (χ1) is 14.7. The van der Waals surface area contributed by atoms with Gasteiger partial charge in [0.05, 0.1) is 6.20 Å².